The molecule has 3 aromatic rings. The average Bonchev–Trinajstić information content (AvgIpc) is 3.30. The second kappa shape index (κ2) is 7.64. The quantitative estimate of drug-likeness (QED) is 0.624. The molecule has 7 nitrogen and oxygen atoms in total. The minimum atomic E-state index is -0.0516. The summed E-state index contributed by atoms with van der Waals surface area (Å²) in [5.41, 5.74) is 13.4. The molecule has 5 rings (SSSR count). The van der Waals surface area contributed by atoms with Gasteiger partial charge in [-0.15, -0.1) is 0 Å². The highest BCUT2D eigenvalue weighted by atomic mass is 16.5. The van der Waals surface area contributed by atoms with E-state index in [1.54, 1.807) is 6.07 Å². The maximum absolute atomic E-state index is 13.6. The molecule has 1 amide bonds. The van der Waals surface area contributed by atoms with Crippen molar-refractivity contribution in [3.63, 3.8) is 0 Å². The van der Waals surface area contributed by atoms with Gasteiger partial charge < -0.3 is 20.4 Å². The molecule has 1 atom stereocenters. The van der Waals surface area contributed by atoms with Crippen LogP contribution < -0.4 is 5.73 Å². The number of aryl methyl sites for hydroxylation is 1. The molecule has 0 saturated heterocycles. The van der Waals surface area contributed by atoms with E-state index in [0.717, 1.165) is 34.5 Å². The number of carbonyl (C=O) groups excluding carboxylic acids is 1. The van der Waals surface area contributed by atoms with Gasteiger partial charge in [0.1, 0.15) is 11.5 Å². The number of pyridine rings is 2. The summed E-state index contributed by atoms with van der Waals surface area (Å²) in [5, 5.41) is 0. The van der Waals surface area contributed by atoms with Gasteiger partial charge in [0, 0.05) is 22.9 Å². The number of H-pyrrole nitrogens is 1. The first kappa shape index (κ1) is 20.0. The zero-order valence-electron chi connectivity index (χ0n) is 18.4. The van der Waals surface area contributed by atoms with E-state index in [-0.39, 0.29) is 11.9 Å². The van der Waals surface area contributed by atoms with Gasteiger partial charge in [0.25, 0.3) is 5.91 Å². The number of anilines is 1. The second-order valence-corrected chi connectivity index (χ2v) is 8.83. The zero-order chi connectivity index (χ0) is 21.7. The number of hydrogen-bond acceptors (Lipinski definition) is 5. The molecule has 0 bridgehead atoms. The number of ether oxygens (including phenoxy) is 1. The number of nitrogens with zero attached hydrogens (tertiary/aromatic N) is 3. The Morgan fingerprint density at radius 2 is 2.06 bits per heavy atom. The molecule has 0 spiro atoms. The van der Waals surface area contributed by atoms with Gasteiger partial charge in [0.2, 0.25) is 0 Å². The van der Waals surface area contributed by atoms with E-state index in [9.17, 15) is 4.79 Å². The van der Waals surface area contributed by atoms with Gasteiger partial charge in [-0.2, -0.15) is 0 Å². The van der Waals surface area contributed by atoms with Gasteiger partial charge in [0.15, 0.2) is 0 Å². The highest BCUT2D eigenvalue weighted by Crippen LogP contribution is 2.41. The molecule has 3 N–H and O–H groups in total. The van der Waals surface area contributed by atoms with E-state index in [0.29, 0.717) is 42.7 Å². The fourth-order valence-corrected chi connectivity index (χ4v) is 4.47. The summed E-state index contributed by atoms with van der Waals surface area (Å²) in [6.07, 6.45) is 3.37. The van der Waals surface area contributed by atoms with Gasteiger partial charge in [-0.3, -0.25) is 9.78 Å². The number of aromatic nitrogens is 3. The van der Waals surface area contributed by atoms with E-state index in [2.05, 4.69) is 42.9 Å². The molecule has 2 aliphatic rings. The molecule has 31 heavy (non-hydrogen) atoms. The molecule has 1 aliphatic heterocycles. The molecule has 0 radical (unpaired) electrons. The first-order valence-corrected chi connectivity index (χ1v) is 11.1. The van der Waals surface area contributed by atoms with Crippen molar-refractivity contribution in [2.24, 2.45) is 0 Å². The molecule has 3 aromatic heterocycles. The van der Waals surface area contributed by atoms with Crippen LogP contribution in [-0.4, -0.2) is 31.8 Å². The van der Waals surface area contributed by atoms with Crippen LogP contribution in [0.4, 0.5) is 5.82 Å². The van der Waals surface area contributed by atoms with Crippen LogP contribution in [0.15, 0.2) is 18.2 Å². The second-order valence-electron chi connectivity index (χ2n) is 8.83. The lowest BCUT2D eigenvalue weighted by molar-refractivity contribution is 0.0663. The normalized spacial score (nSPS) is 16.5. The van der Waals surface area contributed by atoms with Crippen molar-refractivity contribution in [2.75, 3.05) is 5.73 Å². The summed E-state index contributed by atoms with van der Waals surface area (Å²) >= 11 is 0. The highest BCUT2D eigenvalue weighted by Gasteiger charge is 2.28. The standard InChI is InChI=1S/C24H29N5O2/c1-4-13(2)29(10-16-7-8-17(14(3)26-16)15-5-6-15)24(30)21-9-20-22(27-21)18-11-31-12-19(18)23(25)28-20/h7-9,13,15,27H,4-6,10-12H2,1-3H3,(H2,25,28). The monoisotopic (exact) mass is 419 g/mol. The first-order chi connectivity index (χ1) is 15.0. The van der Waals surface area contributed by atoms with Crippen molar-refractivity contribution < 1.29 is 9.53 Å². The number of nitrogens with two attached hydrogens (primary N) is 1. The predicted molar refractivity (Wildman–Crippen MR) is 120 cm³/mol. The van der Waals surface area contributed by atoms with Crippen LogP contribution in [0.3, 0.4) is 0 Å². The summed E-state index contributed by atoms with van der Waals surface area (Å²) in [7, 11) is 0. The third-order valence-electron chi connectivity index (χ3n) is 6.65. The Morgan fingerprint density at radius 1 is 1.29 bits per heavy atom. The SMILES string of the molecule is CCC(C)N(Cc1ccc(C2CC2)c(C)n1)C(=O)c1cc2nc(N)c3c(c2[nH]1)COC3. The molecule has 4 heterocycles. The summed E-state index contributed by atoms with van der Waals surface area (Å²) in [4.78, 5) is 28.1. The van der Waals surface area contributed by atoms with Crippen molar-refractivity contribution in [3.8, 4) is 0 Å². The van der Waals surface area contributed by atoms with Gasteiger partial charge >= 0.3 is 0 Å². The lowest BCUT2D eigenvalue weighted by atomic mass is 10.1. The van der Waals surface area contributed by atoms with Gasteiger partial charge in [-0.25, -0.2) is 4.98 Å². The molecule has 1 fully saturated rings. The number of nitrogen functional groups attached to an aromatic ring is 1. The Kier molecular flexibility index (Phi) is 4.93. The van der Waals surface area contributed by atoms with Crippen molar-refractivity contribution >= 4 is 22.8 Å². The van der Waals surface area contributed by atoms with Crippen LogP contribution in [0, 0.1) is 6.92 Å². The van der Waals surface area contributed by atoms with Crippen molar-refractivity contribution in [1.29, 1.82) is 0 Å². The predicted octanol–water partition coefficient (Wildman–Crippen LogP) is 4.20. The van der Waals surface area contributed by atoms with E-state index >= 15 is 0 Å². The number of hydrogen-bond donors (Lipinski definition) is 2. The van der Waals surface area contributed by atoms with Crippen LogP contribution in [0.2, 0.25) is 0 Å². The van der Waals surface area contributed by atoms with Gasteiger partial charge in [-0.1, -0.05) is 13.0 Å². The molecule has 162 valence electrons. The Labute approximate surface area is 182 Å². The molecular formula is C24H29N5O2. The minimum absolute atomic E-state index is 0.0516. The maximum atomic E-state index is 13.6. The largest absolute Gasteiger partial charge is 0.383 e. The smallest absolute Gasteiger partial charge is 0.270 e. The number of rotatable bonds is 6. The zero-order valence-corrected chi connectivity index (χ0v) is 18.4. The van der Waals surface area contributed by atoms with E-state index < -0.39 is 0 Å². The summed E-state index contributed by atoms with van der Waals surface area (Å²) in [5.74, 6) is 1.10. The fraction of sp³-hybridized carbons (Fsp3) is 0.458. The minimum Gasteiger partial charge on any atom is -0.383 e. The van der Waals surface area contributed by atoms with Crippen LogP contribution in [0.1, 0.15) is 77.6 Å². The van der Waals surface area contributed by atoms with Crippen molar-refractivity contribution in [2.45, 2.75) is 71.8 Å². The van der Waals surface area contributed by atoms with Crippen LogP contribution in [0.25, 0.3) is 11.0 Å². The number of nitrogens with one attached hydrogen (secondary N) is 1. The summed E-state index contributed by atoms with van der Waals surface area (Å²) < 4.78 is 5.55. The third kappa shape index (κ3) is 3.57. The molecule has 1 saturated carbocycles. The Hall–Kier alpha value is -2.93. The Bertz CT molecular complexity index is 1160. The van der Waals surface area contributed by atoms with Crippen molar-refractivity contribution in [3.05, 3.63) is 52.0 Å². The van der Waals surface area contributed by atoms with Gasteiger partial charge in [-0.05, 0) is 56.7 Å². The number of carbonyl (C=O) groups is 1. The van der Waals surface area contributed by atoms with E-state index in [1.165, 1.54) is 18.4 Å². The number of amides is 1. The summed E-state index contributed by atoms with van der Waals surface area (Å²) in [6, 6.07) is 6.14. The van der Waals surface area contributed by atoms with Crippen LogP contribution >= 0.6 is 0 Å². The van der Waals surface area contributed by atoms with Crippen molar-refractivity contribution in [1.82, 2.24) is 19.9 Å². The van der Waals surface area contributed by atoms with Crippen LogP contribution in [0.5, 0.6) is 0 Å². The lowest BCUT2D eigenvalue weighted by Crippen LogP contribution is -2.38. The highest BCUT2D eigenvalue weighted by molar-refractivity contribution is 5.98. The molecule has 7 heteroatoms. The number of aromatic amines is 1. The van der Waals surface area contributed by atoms with Crippen LogP contribution in [-0.2, 0) is 24.5 Å². The molecular weight excluding hydrogens is 390 g/mol. The summed E-state index contributed by atoms with van der Waals surface area (Å²) in [6.45, 7) is 7.67. The first-order valence-electron chi connectivity index (χ1n) is 11.1. The molecule has 1 unspecified atom stereocenters. The topological polar surface area (TPSA) is 97.1 Å². The average molecular weight is 420 g/mol. The van der Waals surface area contributed by atoms with E-state index in [1.807, 2.05) is 4.90 Å². The fourth-order valence-electron chi connectivity index (χ4n) is 4.47. The van der Waals surface area contributed by atoms with E-state index in [4.69, 9.17) is 15.5 Å². The molecule has 1 aliphatic carbocycles. The Balaban J connectivity index is 1.46. The Morgan fingerprint density at radius 3 is 2.77 bits per heavy atom. The maximum Gasteiger partial charge on any atom is 0.270 e. The number of fused-ring (bicyclic) bond motifs is 3. The van der Waals surface area contributed by atoms with Gasteiger partial charge in [0.05, 0.1) is 36.5 Å². The lowest BCUT2D eigenvalue weighted by Gasteiger charge is -2.28. The third-order valence-corrected chi connectivity index (χ3v) is 6.65. The molecule has 0 aromatic carbocycles.